The van der Waals surface area contributed by atoms with E-state index in [9.17, 15) is 45.4 Å². The molecule has 210 valence electrons. The number of benzene rings is 2. The monoisotopic (exact) mass is 561 g/mol. The minimum Gasteiger partial charge on any atom is -0.465 e. The first-order valence-electron chi connectivity index (χ1n) is 11.5. The van der Waals surface area contributed by atoms with E-state index in [2.05, 4.69) is 4.79 Å². The molecule has 1 aliphatic heterocycles. The van der Waals surface area contributed by atoms with Crippen LogP contribution in [0.4, 0.5) is 35.5 Å². The number of rotatable bonds is 8. The predicted molar refractivity (Wildman–Crippen MR) is 121 cm³/mol. The lowest BCUT2D eigenvalue weighted by Crippen LogP contribution is -2.36. The summed E-state index contributed by atoms with van der Waals surface area (Å²) in [5, 5.41) is 9.79. The first-order chi connectivity index (χ1) is 18.1. The van der Waals surface area contributed by atoms with Crippen molar-refractivity contribution in [2.75, 3.05) is 6.54 Å². The van der Waals surface area contributed by atoms with Gasteiger partial charge in [0.1, 0.15) is 5.82 Å². The van der Waals surface area contributed by atoms with Gasteiger partial charge in [-0.15, -0.1) is 0 Å². The van der Waals surface area contributed by atoms with Gasteiger partial charge in [-0.05, 0) is 54.8 Å². The molecule has 0 saturated carbocycles. The lowest BCUT2D eigenvalue weighted by atomic mass is 9.87. The van der Waals surface area contributed by atoms with Crippen molar-refractivity contribution in [3.8, 4) is 0 Å². The van der Waals surface area contributed by atoms with Crippen molar-refractivity contribution in [3.63, 3.8) is 0 Å². The van der Waals surface area contributed by atoms with Crippen molar-refractivity contribution in [3.05, 3.63) is 76.1 Å². The van der Waals surface area contributed by atoms with E-state index in [1.807, 2.05) is 0 Å². The Balaban J connectivity index is 2.01. The van der Waals surface area contributed by atoms with Crippen LogP contribution in [0.2, 0.25) is 0 Å². The lowest BCUT2D eigenvalue weighted by Gasteiger charge is -2.28. The summed E-state index contributed by atoms with van der Waals surface area (Å²) in [7, 11) is 0. The first kappa shape index (κ1) is 29.8. The molecule has 1 aliphatic rings. The quantitative estimate of drug-likeness (QED) is 0.182. The van der Waals surface area contributed by atoms with E-state index in [-0.39, 0.29) is 25.5 Å². The molecule has 39 heavy (non-hydrogen) atoms. The first-order valence-corrected chi connectivity index (χ1v) is 11.5. The third kappa shape index (κ3) is 7.21. The molecule has 1 fully saturated rings. The molecule has 0 radical (unpaired) electrons. The number of nitrogens with zero attached hydrogens (tertiary/aromatic N) is 3. The van der Waals surface area contributed by atoms with E-state index < -0.39 is 70.9 Å². The smallest absolute Gasteiger partial charge is 0.416 e. The minimum atomic E-state index is -5.07. The number of likely N-dealkylation sites (tertiary alicyclic amines) is 1. The van der Waals surface area contributed by atoms with Crippen LogP contribution in [0.5, 0.6) is 0 Å². The van der Waals surface area contributed by atoms with Crippen molar-refractivity contribution in [1.82, 2.24) is 4.90 Å². The summed E-state index contributed by atoms with van der Waals surface area (Å²) in [6, 6.07) is 5.01. The maximum absolute atomic E-state index is 13.6. The summed E-state index contributed by atoms with van der Waals surface area (Å²) in [5.41, 5.74) is 5.45. The Labute approximate surface area is 217 Å². The van der Waals surface area contributed by atoms with Crippen LogP contribution >= 0.6 is 0 Å². The molecule has 4 atom stereocenters. The Kier molecular flexibility index (Phi) is 8.81. The van der Waals surface area contributed by atoms with Gasteiger partial charge in [0.2, 0.25) is 5.78 Å². The number of carbonyl (C=O) groups is 2. The average molecular weight is 561 g/mol. The van der Waals surface area contributed by atoms with Gasteiger partial charge in [-0.25, -0.2) is 9.18 Å². The van der Waals surface area contributed by atoms with Crippen molar-refractivity contribution < 1.29 is 55.0 Å². The van der Waals surface area contributed by atoms with E-state index >= 15 is 0 Å². The van der Waals surface area contributed by atoms with E-state index in [0.29, 0.717) is 23.9 Å². The van der Waals surface area contributed by atoms with E-state index in [1.54, 1.807) is 0 Å². The second kappa shape index (κ2) is 11.5. The number of halogens is 7. The molecule has 0 bridgehead atoms. The molecule has 0 spiro atoms. The Bertz CT molecular complexity index is 1230. The fraction of sp³-hybridized carbons (Fsp3) is 0.400. The molecule has 0 unspecified atom stereocenters. The fourth-order valence-corrected chi connectivity index (χ4v) is 4.66. The number of hydrogen-bond acceptors (Lipinski definition) is 3. The summed E-state index contributed by atoms with van der Waals surface area (Å²) in [4.78, 5) is 27.5. The van der Waals surface area contributed by atoms with E-state index in [1.165, 1.54) is 19.1 Å². The number of alkyl halides is 6. The van der Waals surface area contributed by atoms with Crippen molar-refractivity contribution in [1.29, 1.82) is 0 Å². The van der Waals surface area contributed by atoms with Crippen LogP contribution in [-0.4, -0.2) is 51.6 Å². The Morgan fingerprint density at radius 1 is 1.10 bits per heavy atom. The third-order valence-corrected chi connectivity index (χ3v) is 6.44. The van der Waals surface area contributed by atoms with Gasteiger partial charge in [-0.3, -0.25) is 4.79 Å². The molecular weight excluding hydrogens is 539 g/mol. The van der Waals surface area contributed by atoms with Gasteiger partial charge in [0.15, 0.2) is 0 Å². The third-order valence-electron chi connectivity index (χ3n) is 6.44. The van der Waals surface area contributed by atoms with Crippen molar-refractivity contribution in [2.24, 2.45) is 0 Å². The van der Waals surface area contributed by atoms with E-state index in [0.717, 1.165) is 17.0 Å². The van der Waals surface area contributed by atoms with Gasteiger partial charge in [-0.2, -0.15) is 31.1 Å². The molecule has 14 heteroatoms. The molecule has 1 N–H and O–H groups in total. The summed E-state index contributed by atoms with van der Waals surface area (Å²) < 4.78 is 99.6. The predicted octanol–water partition coefficient (Wildman–Crippen LogP) is 6.11. The number of ether oxygens (including phenoxy) is 1. The van der Waals surface area contributed by atoms with Crippen LogP contribution in [0, 0.1) is 5.82 Å². The van der Waals surface area contributed by atoms with Crippen LogP contribution in [-0.2, 0) is 21.9 Å². The summed E-state index contributed by atoms with van der Waals surface area (Å²) in [6.07, 6.45) is -13.7. The normalized spacial score (nSPS) is 20.4. The van der Waals surface area contributed by atoms with Crippen molar-refractivity contribution >= 4 is 18.1 Å². The number of hydrogen-bond donors (Lipinski definition) is 1. The van der Waals surface area contributed by atoms with Crippen LogP contribution in [0.3, 0.4) is 0 Å². The molecule has 1 amide bonds. The molecule has 1 saturated heterocycles. The van der Waals surface area contributed by atoms with Gasteiger partial charge < -0.3 is 20.3 Å². The number of Topliss-reactive ketones (excluding diaryl/α,β-unsaturated/α-hetero) is 1. The largest absolute Gasteiger partial charge is 0.465 e. The number of carbonyl (C=O) groups excluding carboxylic acids is 1. The summed E-state index contributed by atoms with van der Waals surface area (Å²) in [6.45, 7) is 0.900. The van der Waals surface area contributed by atoms with Gasteiger partial charge in [0, 0.05) is 18.4 Å². The number of amides is 1. The van der Waals surface area contributed by atoms with Crippen molar-refractivity contribution in [2.45, 2.75) is 56.3 Å². The maximum Gasteiger partial charge on any atom is 0.416 e. The highest BCUT2D eigenvalue weighted by Gasteiger charge is 2.46. The fourth-order valence-electron chi connectivity index (χ4n) is 4.66. The standard InChI is InChI=1S/C25H22F7N3O4/c1-13(15-8-16(24(27,28)29)10-17(9-15)25(30,31)32)39-21-12-35(23(37)38)20(7-6-19(36)11-34-33)22(21)14-2-4-18(26)5-3-14/h2-5,8-11,13,20-22H,6-7,12H2,1H3,(H,37,38)/t13-,20+,21+,22+/m1/s1. The molecule has 2 aromatic carbocycles. The van der Waals surface area contributed by atoms with Crippen LogP contribution < -0.4 is 0 Å². The zero-order chi connectivity index (χ0) is 29.1. The minimum absolute atomic E-state index is 0.0119. The molecule has 3 rings (SSSR count). The SMILES string of the molecule is C[C@@H](O[C@H]1CN(C(=O)O)[C@@H](CCC(=O)C=[N+]=[N-])[C@@H]1c1ccc(F)cc1)c1cc(C(F)(F)F)cc(C(F)(F)F)c1. The topological polar surface area (TPSA) is 103 Å². The molecule has 1 heterocycles. The van der Waals surface area contributed by atoms with Gasteiger partial charge >= 0.3 is 24.7 Å². The summed E-state index contributed by atoms with van der Waals surface area (Å²) in [5.74, 6) is -2.09. The number of ketones is 1. The highest BCUT2D eigenvalue weighted by molar-refractivity contribution is 6.25. The molecule has 0 aliphatic carbocycles. The lowest BCUT2D eigenvalue weighted by molar-refractivity contribution is -0.143. The number of carboxylic acid groups (broad SMARTS) is 1. The van der Waals surface area contributed by atoms with Gasteiger partial charge in [0.25, 0.3) is 0 Å². The maximum atomic E-state index is 13.6. The highest BCUT2D eigenvalue weighted by atomic mass is 19.4. The van der Waals surface area contributed by atoms with Crippen LogP contribution in [0.15, 0.2) is 42.5 Å². The van der Waals surface area contributed by atoms with Gasteiger partial charge in [0.05, 0.1) is 29.9 Å². The van der Waals surface area contributed by atoms with E-state index in [4.69, 9.17) is 10.3 Å². The second-order valence-electron chi connectivity index (χ2n) is 8.99. The zero-order valence-corrected chi connectivity index (χ0v) is 20.2. The van der Waals surface area contributed by atoms with Gasteiger partial charge in [-0.1, -0.05) is 12.1 Å². The second-order valence-corrected chi connectivity index (χ2v) is 8.99. The zero-order valence-electron chi connectivity index (χ0n) is 20.2. The van der Waals surface area contributed by atoms with Crippen LogP contribution in [0.1, 0.15) is 54.0 Å². The molecular formula is C25H22F7N3O4. The van der Waals surface area contributed by atoms with Crippen LogP contribution in [0.25, 0.3) is 5.53 Å². The Hall–Kier alpha value is -3.77. The summed E-state index contributed by atoms with van der Waals surface area (Å²) >= 11 is 0. The Morgan fingerprint density at radius 3 is 2.15 bits per heavy atom. The molecule has 0 aromatic heterocycles. The highest BCUT2D eigenvalue weighted by Crippen LogP contribution is 2.42. The average Bonchev–Trinajstić information content (AvgIpc) is 3.20. The molecule has 2 aromatic rings. The molecule has 7 nitrogen and oxygen atoms in total. The Morgan fingerprint density at radius 2 is 1.67 bits per heavy atom.